The molecule has 1 aliphatic heterocycles. The Kier molecular flexibility index (Phi) is 7.37. The number of carbonyl (C=O) groups excluding carboxylic acids is 1. The van der Waals surface area contributed by atoms with Crippen LogP contribution < -0.4 is 5.56 Å². The van der Waals surface area contributed by atoms with Gasteiger partial charge in [0.15, 0.2) is 6.10 Å². The van der Waals surface area contributed by atoms with E-state index in [1.54, 1.807) is 11.0 Å². The summed E-state index contributed by atoms with van der Waals surface area (Å²) in [5.41, 5.74) is 7.05. The van der Waals surface area contributed by atoms with Crippen molar-refractivity contribution in [3.8, 4) is 11.1 Å². The van der Waals surface area contributed by atoms with Gasteiger partial charge in [-0.15, -0.1) is 0 Å². The molecule has 0 saturated heterocycles. The maximum absolute atomic E-state index is 13.5. The van der Waals surface area contributed by atoms with Gasteiger partial charge in [-0.25, -0.2) is 4.98 Å². The van der Waals surface area contributed by atoms with E-state index in [2.05, 4.69) is 76.0 Å². The average Bonchev–Trinajstić information content (AvgIpc) is 3.82. The zero-order valence-electron chi connectivity index (χ0n) is 25.8. The van der Waals surface area contributed by atoms with E-state index in [1.807, 2.05) is 30.3 Å². The lowest BCUT2D eigenvalue weighted by atomic mass is 9.85. The minimum Gasteiger partial charge on any atom is -0.378 e. The van der Waals surface area contributed by atoms with E-state index in [1.165, 1.54) is 16.7 Å². The number of nitrogens with one attached hydrogen (secondary N) is 1. The first-order valence-corrected chi connectivity index (χ1v) is 15.4. The minimum absolute atomic E-state index is 0.0131. The van der Waals surface area contributed by atoms with Crippen molar-refractivity contribution < 1.29 is 9.90 Å². The summed E-state index contributed by atoms with van der Waals surface area (Å²) in [5.74, 6) is 0.746. The Balaban J connectivity index is 1.21. The maximum Gasteiger partial charge on any atom is 0.256 e. The van der Waals surface area contributed by atoms with Gasteiger partial charge in [0.2, 0.25) is 0 Å². The second-order valence-corrected chi connectivity index (χ2v) is 13.6. The Morgan fingerprint density at radius 1 is 0.953 bits per heavy atom. The van der Waals surface area contributed by atoms with E-state index in [-0.39, 0.29) is 22.9 Å². The van der Waals surface area contributed by atoms with Crippen LogP contribution in [0.4, 0.5) is 0 Å². The van der Waals surface area contributed by atoms with Crippen molar-refractivity contribution in [3.63, 3.8) is 0 Å². The van der Waals surface area contributed by atoms with Crippen molar-refractivity contribution >= 4 is 5.91 Å². The molecule has 0 unspecified atom stereocenters. The molecule has 6 nitrogen and oxygen atoms in total. The number of carbonyl (C=O) groups is 1. The maximum atomic E-state index is 13.5. The number of benzene rings is 3. The van der Waals surface area contributed by atoms with Crippen LogP contribution >= 0.6 is 0 Å². The van der Waals surface area contributed by atoms with E-state index >= 15 is 0 Å². The summed E-state index contributed by atoms with van der Waals surface area (Å²) in [6.45, 7) is 11.4. The number of fused-ring (bicyclic) bond motifs is 1. The largest absolute Gasteiger partial charge is 0.378 e. The van der Waals surface area contributed by atoms with Crippen LogP contribution in [0, 0.1) is 0 Å². The molecule has 2 N–H and O–H groups in total. The quantitative estimate of drug-likeness (QED) is 0.273. The Bertz CT molecular complexity index is 1740. The van der Waals surface area contributed by atoms with Crippen LogP contribution in [0.15, 0.2) is 77.6 Å². The lowest BCUT2D eigenvalue weighted by Crippen LogP contribution is -2.42. The molecule has 1 saturated carbocycles. The number of aliphatic hydroxyl groups is 1. The number of aromatic nitrogens is 2. The molecule has 43 heavy (non-hydrogen) atoms. The van der Waals surface area contributed by atoms with Crippen molar-refractivity contribution in [2.24, 2.45) is 0 Å². The zero-order chi connectivity index (χ0) is 30.5. The van der Waals surface area contributed by atoms with E-state index in [0.717, 1.165) is 35.5 Å². The molecule has 1 amide bonds. The normalized spacial score (nSPS) is 16.6. The van der Waals surface area contributed by atoms with Gasteiger partial charge in [-0.3, -0.25) is 9.59 Å². The van der Waals surface area contributed by atoms with E-state index in [9.17, 15) is 14.7 Å². The highest BCUT2D eigenvalue weighted by atomic mass is 16.3. The molecule has 6 rings (SSSR count). The van der Waals surface area contributed by atoms with Crippen LogP contribution in [0.2, 0.25) is 0 Å². The predicted molar refractivity (Wildman–Crippen MR) is 170 cm³/mol. The monoisotopic (exact) mass is 575 g/mol. The van der Waals surface area contributed by atoms with Gasteiger partial charge in [-0.1, -0.05) is 101 Å². The molecule has 1 atom stereocenters. The van der Waals surface area contributed by atoms with Crippen molar-refractivity contribution in [2.75, 3.05) is 6.54 Å². The number of hydrogen-bond donors (Lipinski definition) is 2. The summed E-state index contributed by atoms with van der Waals surface area (Å²) in [4.78, 5) is 36.5. The molecule has 1 aromatic heterocycles. The molecule has 2 aliphatic rings. The summed E-state index contributed by atoms with van der Waals surface area (Å²) in [6, 6.07) is 24.5. The van der Waals surface area contributed by atoms with Crippen molar-refractivity contribution in [2.45, 2.75) is 83.3 Å². The molecule has 0 bridgehead atoms. The number of aromatic amines is 1. The van der Waals surface area contributed by atoms with Gasteiger partial charge < -0.3 is 15.0 Å². The van der Waals surface area contributed by atoms with Gasteiger partial charge in [0.25, 0.3) is 11.5 Å². The average molecular weight is 576 g/mol. The molecule has 222 valence electrons. The van der Waals surface area contributed by atoms with E-state index in [4.69, 9.17) is 4.98 Å². The summed E-state index contributed by atoms with van der Waals surface area (Å²) >= 11 is 0. The highest BCUT2D eigenvalue weighted by Crippen LogP contribution is 2.52. The highest BCUT2D eigenvalue weighted by molar-refractivity contribution is 5.83. The van der Waals surface area contributed by atoms with Crippen LogP contribution in [0.5, 0.6) is 0 Å². The second-order valence-electron chi connectivity index (χ2n) is 13.6. The Labute approximate surface area is 253 Å². The fourth-order valence-electron chi connectivity index (χ4n) is 6.19. The number of H-pyrrole nitrogens is 1. The SMILES string of the molecule is CC(C)c1cccc(C2(c3nc4c(c(=O)[nH]3)CN(C(=O)[C@H](O)c3cccc(-c5cccc(C(C)(C)C)c5)c3)CC4)CC2)c1. The first-order chi connectivity index (χ1) is 20.5. The topological polar surface area (TPSA) is 86.3 Å². The third kappa shape index (κ3) is 5.56. The van der Waals surface area contributed by atoms with Gasteiger partial charge in [-0.2, -0.15) is 0 Å². The van der Waals surface area contributed by atoms with Gasteiger partial charge in [-0.05, 0) is 63.6 Å². The molecule has 4 aromatic rings. The van der Waals surface area contributed by atoms with Gasteiger partial charge in [0.1, 0.15) is 5.82 Å². The Hall–Kier alpha value is -4.03. The molecule has 1 fully saturated rings. The number of amides is 1. The van der Waals surface area contributed by atoms with Crippen LogP contribution in [0.1, 0.15) is 98.8 Å². The van der Waals surface area contributed by atoms with Crippen LogP contribution in [0.25, 0.3) is 11.1 Å². The first-order valence-electron chi connectivity index (χ1n) is 15.4. The van der Waals surface area contributed by atoms with Crippen molar-refractivity contribution in [3.05, 3.63) is 122 Å². The molecular weight excluding hydrogens is 534 g/mol. The van der Waals surface area contributed by atoms with Gasteiger partial charge in [0, 0.05) is 13.0 Å². The summed E-state index contributed by atoms with van der Waals surface area (Å²) in [6.07, 6.45) is 1.06. The molecule has 3 aromatic carbocycles. The van der Waals surface area contributed by atoms with Gasteiger partial charge in [0.05, 0.1) is 23.2 Å². The smallest absolute Gasteiger partial charge is 0.256 e. The minimum atomic E-state index is -1.32. The molecule has 0 radical (unpaired) electrons. The van der Waals surface area contributed by atoms with Crippen molar-refractivity contribution in [1.82, 2.24) is 14.9 Å². The van der Waals surface area contributed by atoms with Crippen LogP contribution in [0.3, 0.4) is 0 Å². The summed E-state index contributed by atoms with van der Waals surface area (Å²) < 4.78 is 0. The lowest BCUT2D eigenvalue weighted by molar-refractivity contribution is -0.141. The molecule has 1 aliphatic carbocycles. The number of nitrogens with zero attached hydrogens (tertiary/aromatic N) is 2. The standard InChI is InChI=1S/C37H41N3O3/c1-23(2)24-9-7-14-29(20-24)37(16-17-37)35-38-31-15-18-40(22-30(31)33(42)39-35)34(43)32(41)27-12-6-10-25(19-27)26-11-8-13-28(21-26)36(3,4)5/h6-14,19-21,23,32,41H,15-18,22H2,1-5H3,(H,38,39,42)/t32-/m1/s1. The predicted octanol–water partition coefficient (Wildman–Crippen LogP) is 6.56. The molecule has 2 heterocycles. The highest BCUT2D eigenvalue weighted by Gasteiger charge is 2.49. The lowest BCUT2D eigenvalue weighted by Gasteiger charge is -2.30. The zero-order valence-corrected chi connectivity index (χ0v) is 25.8. The van der Waals surface area contributed by atoms with Gasteiger partial charge >= 0.3 is 0 Å². The fraction of sp³-hybridized carbons (Fsp3) is 0.378. The van der Waals surface area contributed by atoms with E-state index in [0.29, 0.717) is 30.0 Å². The Morgan fingerprint density at radius 2 is 1.63 bits per heavy atom. The van der Waals surface area contributed by atoms with E-state index < -0.39 is 12.0 Å². The molecule has 6 heteroatoms. The number of aliphatic hydroxyl groups excluding tert-OH is 1. The third-order valence-electron chi connectivity index (χ3n) is 9.19. The Morgan fingerprint density at radius 3 is 2.33 bits per heavy atom. The van der Waals surface area contributed by atoms with Crippen molar-refractivity contribution in [1.29, 1.82) is 0 Å². The fourth-order valence-corrected chi connectivity index (χ4v) is 6.19. The summed E-state index contributed by atoms with van der Waals surface area (Å²) in [5, 5.41) is 11.2. The first kappa shape index (κ1) is 29.1. The number of hydrogen-bond acceptors (Lipinski definition) is 4. The van der Waals surface area contributed by atoms with Crippen LogP contribution in [-0.2, 0) is 28.6 Å². The molecule has 0 spiro atoms. The third-order valence-corrected chi connectivity index (χ3v) is 9.19. The number of rotatable bonds is 6. The summed E-state index contributed by atoms with van der Waals surface area (Å²) in [7, 11) is 0. The molecular formula is C37H41N3O3. The van der Waals surface area contributed by atoms with Crippen LogP contribution in [-0.4, -0.2) is 32.4 Å². The second kappa shape index (κ2) is 10.9.